The Balaban J connectivity index is 0.000000364. The van der Waals surface area contributed by atoms with Crippen LogP contribution in [0.3, 0.4) is 0 Å². The van der Waals surface area contributed by atoms with Crippen LogP contribution in [0.15, 0.2) is 214 Å². The first-order valence-electron chi connectivity index (χ1n) is 35.8. The summed E-state index contributed by atoms with van der Waals surface area (Å²) in [4.78, 5) is 76.0. The standard InChI is InChI=1S/2C21H25N3O3.2C15H11NO2.C12H25NO4.5CH4/c22-9-11-26-13-14-27-12-10-23-21(25)17-7-5-16(6-8-17)20-15-18-3-1-2-4-19(18)24-20;22-8-10-26-12-13-27-11-9-23-21(25)17-6-7-19-18(14-17)15-20(24-19)16-4-2-1-3-5-16;17-15(18)11-7-5-10(6-8-11)14-9-12-3-1-2-4-13(12)16-14;17-15(18)11-6-7-13-12(8-11)9-14(16-13)10-4-2-1-3-5-10;1-12(2,3)17-11(14)5-4-7-15-9-10-16-8-6-13;;;;;/h1-8H,9-15,22H2,(H,23,25);1-7,14H,8-13,15,22H2,(H,23,25);2*1-8H,9H2,(H,17,18);4-10,13H2,1-3H3;5*1H4. The number of carboxylic acids is 2. The summed E-state index contributed by atoms with van der Waals surface area (Å²) >= 11 is 0. The van der Waals surface area contributed by atoms with Crippen LogP contribution in [0.25, 0.3) is 0 Å². The number of aromatic carboxylic acids is 2. The summed E-state index contributed by atoms with van der Waals surface area (Å²) in [6.07, 6.45) is 4.14. The lowest BCUT2D eigenvalue weighted by molar-refractivity contribution is -0.155. The van der Waals surface area contributed by atoms with Gasteiger partial charge in [-0.2, -0.15) is 0 Å². The van der Waals surface area contributed by atoms with Crippen LogP contribution in [-0.4, -0.2) is 180 Å². The maximum absolute atomic E-state index is 12.3. The molecule has 10 N–H and O–H groups in total. The molecule has 0 fully saturated rings. The van der Waals surface area contributed by atoms with E-state index in [0.29, 0.717) is 154 Å². The van der Waals surface area contributed by atoms with E-state index in [1.807, 2.05) is 160 Å². The van der Waals surface area contributed by atoms with Gasteiger partial charge in [0.1, 0.15) is 5.60 Å². The van der Waals surface area contributed by atoms with Gasteiger partial charge in [0.05, 0.1) is 129 Å². The molecule has 4 heterocycles. The molecule has 0 aliphatic carbocycles. The summed E-state index contributed by atoms with van der Waals surface area (Å²) in [5.41, 5.74) is 34.0. The van der Waals surface area contributed by atoms with E-state index in [4.69, 9.17) is 60.6 Å². The number of ether oxygens (including phenoxy) is 7. The molecule has 0 radical (unpaired) electrons. The minimum atomic E-state index is -0.904. The number of rotatable bonds is 33. The number of nitrogens with one attached hydrogen (secondary N) is 2. The zero-order valence-corrected chi connectivity index (χ0v) is 61.1. The number of nitrogens with two attached hydrogens (primary N) is 3. The summed E-state index contributed by atoms with van der Waals surface area (Å²) in [6.45, 7) is 14.2. The molecule has 23 heteroatoms. The molecule has 4 aliphatic heterocycles. The van der Waals surface area contributed by atoms with Crippen LogP contribution < -0.4 is 27.8 Å². The Labute approximate surface area is 662 Å². The zero-order chi connectivity index (χ0) is 76.0. The Morgan fingerprint density at radius 3 is 1.05 bits per heavy atom. The fourth-order valence-electron chi connectivity index (χ4n) is 11.1. The van der Waals surface area contributed by atoms with Crippen molar-refractivity contribution in [2.45, 2.75) is 102 Å². The normalized spacial score (nSPS) is 12.0. The molecule has 0 aromatic heterocycles. The number of carboxylic acid groups (broad SMARTS) is 2. The molecule has 8 aromatic carbocycles. The number of benzene rings is 8. The van der Waals surface area contributed by atoms with E-state index in [0.717, 1.165) is 98.2 Å². The second-order valence-electron chi connectivity index (χ2n) is 25.6. The molecule has 0 spiro atoms. The van der Waals surface area contributed by atoms with Crippen LogP contribution in [-0.2, 0) is 63.6 Å². The van der Waals surface area contributed by atoms with Crippen LogP contribution in [0, 0.1) is 0 Å². The molecule has 602 valence electrons. The van der Waals surface area contributed by atoms with Crippen molar-refractivity contribution >= 4 is 75.3 Å². The Morgan fingerprint density at radius 1 is 0.357 bits per heavy atom. The molecule has 112 heavy (non-hydrogen) atoms. The molecule has 0 saturated heterocycles. The van der Waals surface area contributed by atoms with E-state index in [1.54, 1.807) is 30.3 Å². The van der Waals surface area contributed by atoms with Crippen molar-refractivity contribution in [2.75, 3.05) is 112 Å². The topological polar surface area (TPSA) is 342 Å². The van der Waals surface area contributed by atoms with Crippen LogP contribution in [0.1, 0.15) is 157 Å². The number of aliphatic imine (C=N–C) groups is 4. The summed E-state index contributed by atoms with van der Waals surface area (Å²) in [7, 11) is 0. The van der Waals surface area contributed by atoms with E-state index in [-0.39, 0.29) is 54.9 Å². The van der Waals surface area contributed by atoms with Crippen molar-refractivity contribution < 1.29 is 67.3 Å². The predicted molar refractivity (Wildman–Crippen MR) is 451 cm³/mol. The molecule has 4 aliphatic rings. The molecular weight excluding hydrogens is 1420 g/mol. The smallest absolute Gasteiger partial charge is 0.335 e. The molecular formula is C89H117N9O14. The minimum Gasteiger partial charge on any atom is -0.478 e. The SMILES string of the molecule is C.C.C.C.C.CC(C)(C)OC(=O)CCCOCCOCCN.NCCOCCOCCNC(=O)c1ccc(C2=Nc3ccccc3C2)cc1.NCCOCCOCCNC(=O)c1ccc2c(c1)CC(c1ccccc1)=N2.O=C(O)c1ccc(C2=Nc3ccccc3C2)cc1.O=C(O)c1ccc2c(c1)CC(c1ccccc1)=N2. The molecule has 8 aromatic rings. The average molecular weight is 1540 g/mol. The fourth-order valence-corrected chi connectivity index (χ4v) is 11.1. The maximum atomic E-state index is 12.3. The number of nitrogens with zero attached hydrogens (tertiary/aromatic N) is 4. The Hall–Kier alpha value is -10.6. The van der Waals surface area contributed by atoms with Crippen molar-refractivity contribution in [1.82, 2.24) is 10.6 Å². The second-order valence-corrected chi connectivity index (χ2v) is 25.6. The number of fused-ring (bicyclic) bond motifs is 4. The van der Waals surface area contributed by atoms with Crippen molar-refractivity contribution in [1.29, 1.82) is 0 Å². The van der Waals surface area contributed by atoms with Gasteiger partial charge in [-0.1, -0.05) is 158 Å². The summed E-state index contributed by atoms with van der Waals surface area (Å²) in [6, 6.07) is 61.4. The predicted octanol–water partition coefficient (Wildman–Crippen LogP) is 14.6. The fraction of sp³-hybridized carbons (Fsp3) is 0.360. The van der Waals surface area contributed by atoms with E-state index < -0.39 is 17.5 Å². The van der Waals surface area contributed by atoms with Crippen LogP contribution >= 0.6 is 0 Å². The van der Waals surface area contributed by atoms with Gasteiger partial charge in [-0.15, -0.1) is 0 Å². The summed E-state index contributed by atoms with van der Waals surface area (Å²) in [5, 5.41) is 23.5. The minimum absolute atomic E-state index is 0. The van der Waals surface area contributed by atoms with Crippen molar-refractivity contribution in [3.63, 3.8) is 0 Å². The van der Waals surface area contributed by atoms with Gasteiger partial charge >= 0.3 is 17.9 Å². The van der Waals surface area contributed by atoms with E-state index in [1.165, 1.54) is 11.1 Å². The van der Waals surface area contributed by atoms with Gasteiger partial charge in [-0.25, -0.2) is 9.59 Å². The molecule has 0 saturated carbocycles. The van der Waals surface area contributed by atoms with Crippen molar-refractivity contribution in [3.05, 3.63) is 261 Å². The highest BCUT2D eigenvalue weighted by molar-refractivity contribution is 6.10. The number of hydrogen-bond donors (Lipinski definition) is 7. The molecule has 12 rings (SSSR count). The van der Waals surface area contributed by atoms with E-state index in [2.05, 4.69) is 54.9 Å². The monoisotopic (exact) mass is 1540 g/mol. The molecule has 0 bridgehead atoms. The van der Waals surface area contributed by atoms with Gasteiger partial charge < -0.3 is 71.2 Å². The highest BCUT2D eigenvalue weighted by Gasteiger charge is 2.22. The molecule has 23 nitrogen and oxygen atoms in total. The highest BCUT2D eigenvalue weighted by Crippen LogP contribution is 2.33. The van der Waals surface area contributed by atoms with Gasteiger partial charge in [-0.3, -0.25) is 34.4 Å². The average Bonchev–Trinajstić information content (AvgIpc) is 1.69. The lowest BCUT2D eigenvalue weighted by Gasteiger charge is -2.19. The third kappa shape index (κ3) is 32.4. The first-order chi connectivity index (χ1) is 52.0. The van der Waals surface area contributed by atoms with Gasteiger partial charge in [-0.05, 0) is 144 Å². The zero-order valence-electron chi connectivity index (χ0n) is 61.1. The second kappa shape index (κ2) is 51.8. The van der Waals surface area contributed by atoms with Crippen LogP contribution in [0.2, 0.25) is 0 Å². The highest BCUT2D eigenvalue weighted by atomic mass is 16.6. The maximum Gasteiger partial charge on any atom is 0.335 e. The van der Waals surface area contributed by atoms with Crippen LogP contribution in [0.5, 0.6) is 0 Å². The first-order valence-corrected chi connectivity index (χ1v) is 35.8. The lowest BCUT2D eigenvalue weighted by Crippen LogP contribution is -2.27. The molecule has 2 amide bonds. The van der Waals surface area contributed by atoms with E-state index >= 15 is 0 Å². The van der Waals surface area contributed by atoms with Gasteiger partial charge in [0, 0.05) is 82.6 Å². The summed E-state index contributed by atoms with van der Waals surface area (Å²) < 4.78 is 36.8. The Bertz CT molecular complexity index is 4300. The molecule has 0 atom stereocenters. The van der Waals surface area contributed by atoms with E-state index in [9.17, 15) is 24.0 Å². The van der Waals surface area contributed by atoms with Gasteiger partial charge in [0.25, 0.3) is 11.8 Å². The quantitative estimate of drug-likeness (QED) is 0.0148. The third-order valence-electron chi connectivity index (χ3n) is 16.3. The van der Waals surface area contributed by atoms with Crippen molar-refractivity contribution in [3.8, 4) is 0 Å². The number of hydrogen-bond acceptors (Lipinski definition) is 19. The first kappa shape index (κ1) is 95.6. The lowest BCUT2D eigenvalue weighted by atomic mass is 10.0. The third-order valence-corrected chi connectivity index (χ3v) is 16.3. The van der Waals surface area contributed by atoms with Crippen molar-refractivity contribution in [2.24, 2.45) is 37.2 Å². The largest absolute Gasteiger partial charge is 0.478 e. The molecule has 0 unspecified atom stereocenters. The Kier molecular flexibility index (Phi) is 44.2. The number of para-hydroxylation sites is 2. The van der Waals surface area contributed by atoms with Crippen LogP contribution in [0.4, 0.5) is 22.7 Å². The number of amides is 2. The Morgan fingerprint density at radius 2 is 0.670 bits per heavy atom. The number of carbonyl (C=O) groups is 5. The number of esters is 1. The van der Waals surface area contributed by atoms with Gasteiger partial charge in [0.15, 0.2) is 0 Å². The van der Waals surface area contributed by atoms with Gasteiger partial charge in [0.2, 0.25) is 0 Å². The number of carbonyl (C=O) groups excluding carboxylic acids is 3. The summed E-state index contributed by atoms with van der Waals surface area (Å²) in [5.74, 6) is -2.19.